The SMILES string of the molecule is Nc1ccc([N+](=O)[O-])c(-c2ccccc2F)n1. The quantitative estimate of drug-likeness (QED) is 0.637. The Balaban J connectivity index is 2.70. The van der Waals surface area contributed by atoms with E-state index in [1.54, 1.807) is 6.07 Å². The first kappa shape index (κ1) is 11.0. The molecule has 0 spiro atoms. The summed E-state index contributed by atoms with van der Waals surface area (Å²) in [4.78, 5) is 14.0. The molecule has 0 aliphatic carbocycles. The maximum atomic E-state index is 13.5. The van der Waals surface area contributed by atoms with Crippen LogP contribution in [-0.4, -0.2) is 9.91 Å². The molecule has 1 heterocycles. The summed E-state index contributed by atoms with van der Waals surface area (Å²) in [6.45, 7) is 0. The van der Waals surface area contributed by atoms with Gasteiger partial charge in [0, 0.05) is 11.6 Å². The van der Waals surface area contributed by atoms with E-state index in [2.05, 4.69) is 4.98 Å². The van der Waals surface area contributed by atoms with E-state index in [0.717, 1.165) is 0 Å². The number of nitrogen functional groups attached to an aromatic ring is 1. The van der Waals surface area contributed by atoms with Gasteiger partial charge in [-0.15, -0.1) is 0 Å². The fourth-order valence-corrected chi connectivity index (χ4v) is 1.47. The van der Waals surface area contributed by atoms with Crippen LogP contribution in [0, 0.1) is 15.9 Å². The first-order valence-corrected chi connectivity index (χ1v) is 4.75. The molecule has 0 amide bonds. The van der Waals surface area contributed by atoms with E-state index in [9.17, 15) is 14.5 Å². The number of nitrogens with two attached hydrogens (primary N) is 1. The van der Waals surface area contributed by atoms with Crippen LogP contribution >= 0.6 is 0 Å². The summed E-state index contributed by atoms with van der Waals surface area (Å²) in [7, 11) is 0. The molecule has 2 N–H and O–H groups in total. The Bertz CT molecular complexity index is 587. The summed E-state index contributed by atoms with van der Waals surface area (Å²) in [6, 6.07) is 8.23. The van der Waals surface area contributed by atoms with Crippen molar-refractivity contribution in [3.8, 4) is 11.3 Å². The third-order valence-corrected chi connectivity index (χ3v) is 2.22. The highest BCUT2D eigenvalue weighted by Gasteiger charge is 2.19. The van der Waals surface area contributed by atoms with Crippen LogP contribution in [0.3, 0.4) is 0 Å². The lowest BCUT2D eigenvalue weighted by Crippen LogP contribution is -1.99. The van der Waals surface area contributed by atoms with Crippen molar-refractivity contribution >= 4 is 11.5 Å². The minimum absolute atomic E-state index is 0.0616. The zero-order chi connectivity index (χ0) is 12.4. The summed E-state index contributed by atoms with van der Waals surface area (Å²) >= 11 is 0. The number of rotatable bonds is 2. The third-order valence-electron chi connectivity index (χ3n) is 2.22. The Morgan fingerprint density at radius 2 is 1.94 bits per heavy atom. The zero-order valence-electron chi connectivity index (χ0n) is 8.63. The highest BCUT2D eigenvalue weighted by Crippen LogP contribution is 2.30. The van der Waals surface area contributed by atoms with E-state index < -0.39 is 10.7 Å². The second kappa shape index (κ2) is 4.17. The molecule has 2 rings (SSSR count). The number of hydrogen-bond donors (Lipinski definition) is 1. The van der Waals surface area contributed by atoms with Crippen molar-refractivity contribution in [1.82, 2.24) is 4.98 Å². The van der Waals surface area contributed by atoms with Crippen molar-refractivity contribution in [3.05, 3.63) is 52.3 Å². The molecular weight excluding hydrogens is 225 g/mol. The number of hydrogen-bond acceptors (Lipinski definition) is 4. The second-order valence-corrected chi connectivity index (χ2v) is 3.34. The van der Waals surface area contributed by atoms with Gasteiger partial charge in [0.15, 0.2) is 5.69 Å². The van der Waals surface area contributed by atoms with Gasteiger partial charge in [0.05, 0.1) is 4.92 Å². The number of halogens is 1. The number of pyridine rings is 1. The summed E-state index contributed by atoms with van der Waals surface area (Å²) in [5.41, 5.74) is 5.18. The van der Waals surface area contributed by atoms with Crippen LogP contribution in [0.1, 0.15) is 0 Å². The van der Waals surface area contributed by atoms with E-state index in [1.807, 2.05) is 0 Å². The van der Waals surface area contributed by atoms with E-state index >= 15 is 0 Å². The Hall–Kier alpha value is -2.50. The highest BCUT2D eigenvalue weighted by molar-refractivity contribution is 5.71. The number of aromatic nitrogens is 1. The minimum Gasteiger partial charge on any atom is -0.384 e. The fraction of sp³-hybridized carbons (Fsp3) is 0. The molecule has 5 nitrogen and oxygen atoms in total. The summed E-state index contributed by atoms with van der Waals surface area (Å²) < 4.78 is 13.5. The van der Waals surface area contributed by atoms with E-state index in [0.29, 0.717) is 0 Å². The molecule has 1 aromatic heterocycles. The van der Waals surface area contributed by atoms with E-state index in [4.69, 9.17) is 5.73 Å². The lowest BCUT2D eigenvalue weighted by atomic mass is 10.1. The van der Waals surface area contributed by atoms with Crippen LogP contribution in [0.25, 0.3) is 11.3 Å². The van der Waals surface area contributed by atoms with E-state index in [1.165, 1.54) is 30.3 Å². The van der Waals surface area contributed by atoms with Gasteiger partial charge < -0.3 is 5.73 Å². The monoisotopic (exact) mass is 233 g/mol. The van der Waals surface area contributed by atoms with Gasteiger partial charge in [-0.1, -0.05) is 12.1 Å². The second-order valence-electron chi connectivity index (χ2n) is 3.34. The van der Waals surface area contributed by atoms with Gasteiger partial charge in [0.25, 0.3) is 5.69 Å². The molecule has 6 heteroatoms. The first-order chi connectivity index (χ1) is 8.09. The number of nitrogens with zero attached hydrogens (tertiary/aromatic N) is 2. The maximum Gasteiger partial charge on any atom is 0.295 e. The number of nitro groups is 1. The average Bonchev–Trinajstić information content (AvgIpc) is 2.29. The predicted octanol–water partition coefficient (Wildman–Crippen LogP) is 2.38. The predicted molar refractivity (Wildman–Crippen MR) is 60.7 cm³/mol. The Kier molecular flexibility index (Phi) is 2.70. The highest BCUT2D eigenvalue weighted by atomic mass is 19.1. The summed E-state index contributed by atoms with van der Waals surface area (Å²) in [6.07, 6.45) is 0. The van der Waals surface area contributed by atoms with Crippen molar-refractivity contribution < 1.29 is 9.31 Å². The van der Waals surface area contributed by atoms with Gasteiger partial charge in [0.1, 0.15) is 11.6 Å². The van der Waals surface area contributed by atoms with Crippen LogP contribution in [0.5, 0.6) is 0 Å². The van der Waals surface area contributed by atoms with Crippen molar-refractivity contribution in [2.45, 2.75) is 0 Å². The Morgan fingerprint density at radius 3 is 2.59 bits per heavy atom. The van der Waals surface area contributed by atoms with Crippen molar-refractivity contribution in [3.63, 3.8) is 0 Å². The van der Waals surface area contributed by atoms with Gasteiger partial charge in [0.2, 0.25) is 0 Å². The van der Waals surface area contributed by atoms with Gasteiger partial charge in [-0.25, -0.2) is 9.37 Å². The normalized spacial score (nSPS) is 10.2. The minimum atomic E-state index is -0.617. The lowest BCUT2D eigenvalue weighted by molar-refractivity contribution is -0.384. The van der Waals surface area contributed by atoms with Gasteiger partial charge in [-0.3, -0.25) is 10.1 Å². The van der Waals surface area contributed by atoms with Crippen LogP contribution in [-0.2, 0) is 0 Å². The molecule has 1 aromatic carbocycles. The molecule has 0 unspecified atom stereocenters. The zero-order valence-corrected chi connectivity index (χ0v) is 8.63. The molecule has 0 saturated carbocycles. The number of benzene rings is 1. The molecule has 0 saturated heterocycles. The molecule has 0 bridgehead atoms. The molecule has 0 atom stereocenters. The molecule has 2 aromatic rings. The van der Waals surface area contributed by atoms with Gasteiger partial charge in [-0.2, -0.15) is 0 Å². The fourth-order valence-electron chi connectivity index (χ4n) is 1.47. The first-order valence-electron chi connectivity index (χ1n) is 4.75. The largest absolute Gasteiger partial charge is 0.384 e. The molecule has 0 radical (unpaired) electrons. The van der Waals surface area contributed by atoms with Crippen LogP contribution in [0.4, 0.5) is 15.9 Å². The standard InChI is InChI=1S/C11H8FN3O2/c12-8-4-2-1-3-7(8)11-9(15(16)17)5-6-10(13)14-11/h1-6H,(H2,13,14). The molecule has 0 fully saturated rings. The van der Waals surface area contributed by atoms with Crippen LogP contribution in [0.15, 0.2) is 36.4 Å². The van der Waals surface area contributed by atoms with Crippen molar-refractivity contribution in [2.75, 3.05) is 5.73 Å². The van der Waals surface area contributed by atoms with Crippen molar-refractivity contribution in [2.24, 2.45) is 0 Å². The molecule has 17 heavy (non-hydrogen) atoms. The molecule has 0 aliphatic heterocycles. The van der Waals surface area contributed by atoms with Crippen LogP contribution in [0.2, 0.25) is 0 Å². The van der Waals surface area contributed by atoms with E-state index in [-0.39, 0.29) is 22.8 Å². The number of anilines is 1. The van der Waals surface area contributed by atoms with Gasteiger partial charge >= 0.3 is 0 Å². The molecular formula is C11H8FN3O2. The third kappa shape index (κ3) is 2.05. The maximum absolute atomic E-state index is 13.5. The van der Waals surface area contributed by atoms with Crippen molar-refractivity contribution in [1.29, 1.82) is 0 Å². The Morgan fingerprint density at radius 1 is 1.24 bits per heavy atom. The summed E-state index contributed by atoms with van der Waals surface area (Å²) in [5, 5.41) is 10.8. The van der Waals surface area contributed by atoms with Gasteiger partial charge in [-0.05, 0) is 18.2 Å². The molecule has 0 aliphatic rings. The topological polar surface area (TPSA) is 82.0 Å². The van der Waals surface area contributed by atoms with Crippen LogP contribution < -0.4 is 5.73 Å². The molecule has 86 valence electrons. The smallest absolute Gasteiger partial charge is 0.295 e. The lowest BCUT2D eigenvalue weighted by Gasteiger charge is -2.04. The summed E-state index contributed by atoms with van der Waals surface area (Å²) in [5.74, 6) is -0.470. The Labute approximate surface area is 95.9 Å². The average molecular weight is 233 g/mol.